The van der Waals surface area contributed by atoms with Crippen LogP contribution in [0.1, 0.15) is 5.56 Å². The van der Waals surface area contributed by atoms with Crippen molar-refractivity contribution in [2.45, 2.75) is 6.92 Å². The van der Waals surface area contributed by atoms with Gasteiger partial charge in [-0.05, 0) is 24.6 Å². The highest BCUT2D eigenvalue weighted by atomic mass is 35.5. The third-order valence-corrected chi connectivity index (χ3v) is 1.54. The molecule has 2 nitrogen and oxygen atoms in total. The molecule has 1 aromatic carbocycles. The molecule has 0 saturated heterocycles. The molecule has 0 saturated carbocycles. The average Bonchev–Trinajstić information content (AvgIpc) is 1.99. The maximum Gasteiger partial charge on any atom is 0.123 e. The Balaban J connectivity index is 2.71. The van der Waals surface area contributed by atoms with E-state index in [1.54, 1.807) is 6.07 Å². The van der Waals surface area contributed by atoms with Gasteiger partial charge in [-0.3, -0.25) is 0 Å². The lowest BCUT2D eigenvalue weighted by Gasteiger charge is -2.06. The van der Waals surface area contributed by atoms with Gasteiger partial charge in [0.15, 0.2) is 0 Å². The second-order valence-corrected chi connectivity index (χ2v) is 3.34. The molecule has 70 valence electrons. The molecule has 1 aromatic rings. The summed E-state index contributed by atoms with van der Waals surface area (Å²) in [6.07, 6.45) is 0. The summed E-state index contributed by atoms with van der Waals surface area (Å²) in [6.45, 7) is 5.62. The van der Waals surface area contributed by atoms with Crippen LogP contribution in [0, 0.1) is 6.92 Å². The van der Waals surface area contributed by atoms with E-state index in [9.17, 15) is 5.11 Å². The topological polar surface area (TPSA) is 29.5 Å². The number of hydrogen-bond acceptors (Lipinski definition) is 2. The van der Waals surface area contributed by atoms with E-state index in [-0.39, 0.29) is 12.4 Å². The molecule has 1 N–H and O–H groups in total. The minimum Gasteiger partial charge on any atom is -0.508 e. The molecule has 0 aliphatic carbocycles. The largest absolute Gasteiger partial charge is 0.508 e. The average molecular weight is 199 g/mol. The van der Waals surface area contributed by atoms with Crippen molar-refractivity contribution in [2.75, 3.05) is 6.61 Å². The number of phenolic OH excluding ortho intramolecular Hbond substituents is 1. The maximum absolute atomic E-state index is 9.22. The smallest absolute Gasteiger partial charge is 0.123 e. The van der Waals surface area contributed by atoms with Gasteiger partial charge in [0.1, 0.15) is 18.1 Å². The van der Waals surface area contributed by atoms with E-state index in [1.165, 1.54) is 6.07 Å². The third-order valence-electron chi connectivity index (χ3n) is 1.43. The van der Waals surface area contributed by atoms with Crippen LogP contribution >= 0.6 is 11.6 Å². The number of phenols is 1. The summed E-state index contributed by atoms with van der Waals surface area (Å²) in [5, 5.41) is 9.66. The minimum atomic E-state index is 0.190. The summed E-state index contributed by atoms with van der Waals surface area (Å²) in [6, 6.07) is 5.01. The molecule has 3 heteroatoms. The zero-order valence-corrected chi connectivity index (χ0v) is 8.14. The number of rotatable bonds is 3. The molecule has 0 aromatic heterocycles. The van der Waals surface area contributed by atoms with Gasteiger partial charge in [0.25, 0.3) is 0 Å². The van der Waals surface area contributed by atoms with Gasteiger partial charge < -0.3 is 9.84 Å². The molecule has 0 bridgehead atoms. The van der Waals surface area contributed by atoms with Crippen LogP contribution in [0.25, 0.3) is 0 Å². The van der Waals surface area contributed by atoms with Gasteiger partial charge >= 0.3 is 0 Å². The summed E-state index contributed by atoms with van der Waals surface area (Å²) >= 11 is 5.53. The van der Waals surface area contributed by atoms with Gasteiger partial charge in [-0.25, -0.2) is 0 Å². The van der Waals surface area contributed by atoms with Crippen molar-refractivity contribution >= 4 is 11.6 Å². The molecule has 0 atom stereocenters. The number of aromatic hydroxyl groups is 1. The van der Waals surface area contributed by atoms with Gasteiger partial charge in [0.05, 0.1) is 0 Å². The molecular weight excluding hydrogens is 188 g/mol. The molecular formula is C10H11ClO2. The SMILES string of the molecule is C=C(Cl)COc1cc(C)cc(O)c1. The molecule has 0 radical (unpaired) electrons. The summed E-state index contributed by atoms with van der Waals surface area (Å²) < 4.78 is 5.24. The number of benzene rings is 1. The Morgan fingerprint density at radius 2 is 2.23 bits per heavy atom. The van der Waals surface area contributed by atoms with Crippen LogP contribution < -0.4 is 4.74 Å². The first-order chi connectivity index (χ1) is 6.08. The second kappa shape index (κ2) is 4.19. The van der Waals surface area contributed by atoms with Gasteiger partial charge in [0.2, 0.25) is 0 Å². The zero-order chi connectivity index (χ0) is 9.84. The van der Waals surface area contributed by atoms with E-state index in [1.807, 2.05) is 13.0 Å². The Morgan fingerprint density at radius 3 is 2.77 bits per heavy atom. The highest BCUT2D eigenvalue weighted by molar-refractivity contribution is 6.29. The van der Waals surface area contributed by atoms with Gasteiger partial charge in [-0.15, -0.1) is 0 Å². The maximum atomic E-state index is 9.22. The standard InChI is InChI=1S/C10H11ClO2/c1-7-3-9(12)5-10(4-7)13-6-8(2)11/h3-5,12H,2,6H2,1H3. The second-order valence-electron chi connectivity index (χ2n) is 2.81. The lowest BCUT2D eigenvalue weighted by Crippen LogP contribution is -1.96. The highest BCUT2D eigenvalue weighted by Crippen LogP contribution is 2.21. The predicted octanol–water partition coefficient (Wildman–Crippen LogP) is 2.83. The van der Waals surface area contributed by atoms with E-state index in [0.717, 1.165) is 5.56 Å². The van der Waals surface area contributed by atoms with E-state index in [0.29, 0.717) is 10.8 Å². The van der Waals surface area contributed by atoms with Crippen LogP contribution in [-0.4, -0.2) is 11.7 Å². The molecule has 0 fully saturated rings. The van der Waals surface area contributed by atoms with Crippen LogP contribution in [0.2, 0.25) is 0 Å². The van der Waals surface area contributed by atoms with Crippen molar-refractivity contribution < 1.29 is 9.84 Å². The molecule has 13 heavy (non-hydrogen) atoms. The van der Waals surface area contributed by atoms with Crippen molar-refractivity contribution in [3.8, 4) is 11.5 Å². The number of aryl methyl sites for hydroxylation is 1. The van der Waals surface area contributed by atoms with Crippen molar-refractivity contribution in [3.63, 3.8) is 0 Å². The van der Waals surface area contributed by atoms with Gasteiger partial charge in [-0.2, -0.15) is 0 Å². The monoisotopic (exact) mass is 198 g/mol. The fraction of sp³-hybridized carbons (Fsp3) is 0.200. The quantitative estimate of drug-likeness (QED) is 0.810. The zero-order valence-electron chi connectivity index (χ0n) is 7.38. The van der Waals surface area contributed by atoms with Crippen LogP contribution in [0.3, 0.4) is 0 Å². The first-order valence-electron chi connectivity index (χ1n) is 3.84. The normalized spacial score (nSPS) is 9.69. The third kappa shape index (κ3) is 3.38. The van der Waals surface area contributed by atoms with Crippen molar-refractivity contribution in [2.24, 2.45) is 0 Å². The lowest BCUT2D eigenvalue weighted by atomic mass is 10.2. The van der Waals surface area contributed by atoms with Crippen molar-refractivity contribution in [3.05, 3.63) is 35.4 Å². The summed E-state index contributed by atoms with van der Waals surface area (Å²) in [5.74, 6) is 0.787. The first kappa shape index (κ1) is 9.93. The highest BCUT2D eigenvalue weighted by Gasteiger charge is 1.98. The number of hydrogen-bond donors (Lipinski definition) is 1. The molecule has 1 rings (SSSR count). The number of halogens is 1. The summed E-state index contributed by atoms with van der Waals surface area (Å²) in [4.78, 5) is 0. The van der Waals surface area contributed by atoms with Gasteiger partial charge in [0, 0.05) is 11.1 Å². The summed E-state index contributed by atoms with van der Waals surface area (Å²) in [5.41, 5.74) is 0.940. The Hall–Kier alpha value is -1.15. The summed E-state index contributed by atoms with van der Waals surface area (Å²) in [7, 11) is 0. The molecule has 0 unspecified atom stereocenters. The fourth-order valence-corrected chi connectivity index (χ4v) is 1.03. The fourth-order valence-electron chi connectivity index (χ4n) is 0.973. The first-order valence-corrected chi connectivity index (χ1v) is 4.22. The van der Waals surface area contributed by atoms with E-state index < -0.39 is 0 Å². The van der Waals surface area contributed by atoms with Crippen molar-refractivity contribution in [1.82, 2.24) is 0 Å². The minimum absolute atomic E-state index is 0.190. The van der Waals surface area contributed by atoms with E-state index in [4.69, 9.17) is 16.3 Å². The van der Waals surface area contributed by atoms with Gasteiger partial charge in [-0.1, -0.05) is 18.2 Å². The van der Waals surface area contributed by atoms with Crippen LogP contribution in [0.5, 0.6) is 11.5 Å². The van der Waals surface area contributed by atoms with Crippen molar-refractivity contribution in [1.29, 1.82) is 0 Å². The molecule has 0 amide bonds. The Morgan fingerprint density at radius 1 is 1.54 bits per heavy atom. The van der Waals surface area contributed by atoms with E-state index >= 15 is 0 Å². The number of ether oxygens (including phenoxy) is 1. The lowest BCUT2D eigenvalue weighted by molar-refractivity contribution is 0.356. The molecule has 0 aliphatic rings. The van der Waals surface area contributed by atoms with E-state index in [2.05, 4.69) is 6.58 Å². The molecule has 0 aliphatic heterocycles. The van der Waals surface area contributed by atoms with Crippen LogP contribution in [0.15, 0.2) is 29.8 Å². The Kier molecular flexibility index (Phi) is 3.20. The Labute approximate surface area is 82.4 Å². The van der Waals surface area contributed by atoms with Crippen LogP contribution in [-0.2, 0) is 0 Å². The Bertz CT molecular complexity index is 300. The molecule has 0 spiro atoms. The molecule has 0 heterocycles. The predicted molar refractivity (Wildman–Crippen MR) is 53.3 cm³/mol. The van der Waals surface area contributed by atoms with Crippen LogP contribution in [0.4, 0.5) is 0 Å².